The van der Waals surface area contributed by atoms with Gasteiger partial charge in [-0.25, -0.2) is 20.0 Å². The summed E-state index contributed by atoms with van der Waals surface area (Å²) >= 11 is 0. The zero-order valence-electron chi connectivity index (χ0n) is 17.3. The molecule has 0 amide bonds. The topological polar surface area (TPSA) is 49.4 Å². The number of aliphatic imine (C=N–C) groups is 4. The lowest BCUT2D eigenvalue weighted by molar-refractivity contribution is 0.253. The zero-order chi connectivity index (χ0) is 19.8. The van der Waals surface area contributed by atoms with Crippen molar-refractivity contribution in [1.82, 2.24) is 0 Å². The van der Waals surface area contributed by atoms with Crippen LogP contribution in [0.5, 0.6) is 0 Å². The molecule has 2 heterocycles. The van der Waals surface area contributed by atoms with Gasteiger partial charge in [-0.1, -0.05) is 36.4 Å². The van der Waals surface area contributed by atoms with Gasteiger partial charge in [-0.3, -0.25) is 0 Å². The van der Waals surface area contributed by atoms with Gasteiger partial charge < -0.3 is 0 Å². The molecule has 3 aliphatic rings. The molecule has 0 fully saturated rings. The van der Waals surface area contributed by atoms with Gasteiger partial charge in [0.2, 0.25) is 11.3 Å². The molecule has 4 nitrogen and oxygen atoms in total. The van der Waals surface area contributed by atoms with Crippen LogP contribution in [0.15, 0.2) is 56.4 Å². The maximum absolute atomic E-state index is 5.17. The summed E-state index contributed by atoms with van der Waals surface area (Å²) in [7, 11) is 0. The predicted octanol–water partition coefficient (Wildman–Crippen LogP) is 5.16. The fraction of sp³-hybridized carbons (Fsp3) is 0.333. The Balaban J connectivity index is 2.04. The number of hydrogen-bond donors (Lipinski definition) is 0. The molecule has 0 aromatic heterocycles. The van der Waals surface area contributed by atoms with E-state index in [9.17, 15) is 0 Å². The van der Waals surface area contributed by atoms with Crippen LogP contribution in [0.2, 0.25) is 0 Å². The smallest absolute Gasteiger partial charge is 0.226 e. The molecule has 2 spiro atoms. The van der Waals surface area contributed by atoms with Crippen LogP contribution in [0.1, 0.15) is 49.9 Å². The van der Waals surface area contributed by atoms with Crippen LogP contribution in [-0.2, 0) is 11.3 Å². The summed E-state index contributed by atoms with van der Waals surface area (Å²) in [6, 6.07) is 12.9. The molecule has 0 N–H and O–H groups in total. The quantitative estimate of drug-likeness (QED) is 0.617. The Kier molecular flexibility index (Phi) is 3.29. The second-order valence-electron chi connectivity index (χ2n) is 8.13. The maximum atomic E-state index is 5.17. The number of nitrogens with zero attached hydrogens (tertiary/aromatic N) is 4. The van der Waals surface area contributed by atoms with Gasteiger partial charge in [0.1, 0.15) is 0 Å². The highest BCUT2D eigenvalue weighted by Gasteiger charge is 2.62. The van der Waals surface area contributed by atoms with Gasteiger partial charge >= 0.3 is 0 Å². The Morgan fingerprint density at radius 2 is 0.821 bits per heavy atom. The van der Waals surface area contributed by atoms with Crippen molar-refractivity contribution < 1.29 is 0 Å². The molecular weight excluding hydrogens is 344 g/mol. The van der Waals surface area contributed by atoms with Crippen molar-refractivity contribution in [2.45, 2.75) is 52.9 Å². The Hall–Kier alpha value is -2.88. The molecule has 4 heteroatoms. The van der Waals surface area contributed by atoms with Crippen molar-refractivity contribution >= 4 is 22.8 Å². The number of benzene rings is 2. The number of aryl methyl sites for hydroxylation is 2. The summed E-state index contributed by atoms with van der Waals surface area (Å²) in [6.45, 7) is 12.5. The lowest BCUT2D eigenvalue weighted by Crippen LogP contribution is -2.46. The third-order valence-corrected chi connectivity index (χ3v) is 6.40. The molecule has 2 aliphatic heterocycles. The van der Waals surface area contributed by atoms with E-state index in [0.717, 1.165) is 34.0 Å². The highest BCUT2D eigenvalue weighted by atomic mass is 15.3. The molecule has 0 saturated heterocycles. The SMILES string of the molecule is CC1=NC2(N=C1C)c1cccc(C)c1-c1c(C)cccc1C21N=C(C)C(C)=N1. The van der Waals surface area contributed by atoms with Crippen LogP contribution >= 0.6 is 0 Å². The fourth-order valence-corrected chi connectivity index (χ4v) is 4.85. The average Bonchev–Trinajstić information content (AvgIpc) is 3.12. The van der Waals surface area contributed by atoms with Crippen LogP contribution in [0.3, 0.4) is 0 Å². The first-order chi connectivity index (χ1) is 13.3. The van der Waals surface area contributed by atoms with Crippen LogP contribution in [0.4, 0.5) is 0 Å². The molecule has 2 aromatic rings. The Morgan fingerprint density at radius 1 is 0.500 bits per heavy atom. The van der Waals surface area contributed by atoms with Crippen molar-refractivity contribution in [3.8, 4) is 11.1 Å². The normalized spacial score (nSPS) is 20.5. The van der Waals surface area contributed by atoms with Crippen LogP contribution in [0.25, 0.3) is 11.1 Å². The van der Waals surface area contributed by atoms with E-state index in [4.69, 9.17) is 20.0 Å². The van der Waals surface area contributed by atoms with Gasteiger partial charge in [0, 0.05) is 11.1 Å². The van der Waals surface area contributed by atoms with Crippen LogP contribution in [0, 0.1) is 13.8 Å². The minimum absolute atomic E-state index is 0.887. The van der Waals surface area contributed by atoms with E-state index < -0.39 is 11.3 Å². The molecule has 28 heavy (non-hydrogen) atoms. The van der Waals surface area contributed by atoms with E-state index in [2.05, 4.69) is 50.2 Å². The molecule has 0 atom stereocenters. The lowest BCUT2D eigenvalue weighted by atomic mass is 9.69. The van der Waals surface area contributed by atoms with E-state index in [1.807, 2.05) is 27.7 Å². The van der Waals surface area contributed by atoms with E-state index >= 15 is 0 Å². The summed E-state index contributed by atoms with van der Waals surface area (Å²) in [5.74, 6) is 0. The fourth-order valence-electron chi connectivity index (χ4n) is 4.85. The van der Waals surface area contributed by atoms with Gasteiger partial charge in [0.25, 0.3) is 0 Å². The van der Waals surface area contributed by atoms with Gasteiger partial charge in [-0.05, 0) is 63.8 Å². The standard InChI is InChI=1S/C24H24N4/c1-13-9-7-11-19-21(13)22-14(2)10-8-12-20(22)24(27-17(5)18(6)28-24)23(19)25-15(3)16(4)26-23/h7-12H,1-6H3. The molecule has 0 unspecified atom stereocenters. The van der Waals surface area contributed by atoms with E-state index in [0.29, 0.717) is 0 Å². The molecule has 0 saturated carbocycles. The molecule has 1 aliphatic carbocycles. The molecule has 0 radical (unpaired) electrons. The van der Waals surface area contributed by atoms with Crippen molar-refractivity contribution in [3.05, 3.63) is 58.7 Å². The first-order valence-corrected chi connectivity index (χ1v) is 9.78. The highest BCUT2D eigenvalue weighted by molar-refractivity contribution is 6.43. The minimum atomic E-state index is -0.887. The van der Waals surface area contributed by atoms with Crippen molar-refractivity contribution in [2.75, 3.05) is 0 Å². The van der Waals surface area contributed by atoms with Gasteiger partial charge in [0.05, 0.1) is 22.8 Å². The summed E-state index contributed by atoms with van der Waals surface area (Å²) in [5.41, 5.74) is 9.15. The average molecular weight is 368 g/mol. The first kappa shape index (κ1) is 17.2. The largest absolute Gasteiger partial charge is 0.249 e. The number of hydrogen-bond acceptors (Lipinski definition) is 4. The molecular formula is C24H24N4. The van der Waals surface area contributed by atoms with Crippen molar-refractivity contribution in [2.24, 2.45) is 20.0 Å². The van der Waals surface area contributed by atoms with Crippen LogP contribution in [-0.4, -0.2) is 22.8 Å². The number of rotatable bonds is 0. The van der Waals surface area contributed by atoms with Gasteiger partial charge in [-0.2, -0.15) is 0 Å². The molecule has 5 rings (SSSR count). The Morgan fingerprint density at radius 3 is 1.14 bits per heavy atom. The summed E-state index contributed by atoms with van der Waals surface area (Å²) < 4.78 is 0. The van der Waals surface area contributed by atoms with E-state index in [1.54, 1.807) is 0 Å². The Bertz CT molecular complexity index is 1050. The third kappa shape index (κ3) is 1.85. The second-order valence-corrected chi connectivity index (χ2v) is 8.13. The van der Waals surface area contributed by atoms with E-state index in [-0.39, 0.29) is 0 Å². The predicted molar refractivity (Wildman–Crippen MR) is 117 cm³/mol. The third-order valence-electron chi connectivity index (χ3n) is 6.40. The number of fused-ring (bicyclic) bond motifs is 6. The summed E-state index contributed by atoms with van der Waals surface area (Å²) in [4.78, 5) is 20.7. The monoisotopic (exact) mass is 368 g/mol. The van der Waals surface area contributed by atoms with Crippen molar-refractivity contribution in [3.63, 3.8) is 0 Å². The summed E-state index contributed by atoms with van der Waals surface area (Å²) in [5, 5.41) is 0. The first-order valence-electron chi connectivity index (χ1n) is 9.78. The minimum Gasteiger partial charge on any atom is -0.249 e. The highest BCUT2D eigenvalue weighted by Crippen LogP contribution is 2.60. The second kappa shape index (κ2) is 5.34. The molecule has 0 bridgehead atoms. The van der Waals surface area contributed by atoms with Crippen LogP contribution < -0.4 is 0 Å². The maximum Gasteiger partial charge on any atom is 0.226 e. The summed E-state index contributed by atoms with van der Waals surface area (Å²) in [6.07, 6.45) is 0. The zero-order valence-corrected chi connectivity index (χ0v) is 17.3. The lowest BCUT2D eigenvalue weighted by Gasteiger charge is -2.44. The van der Waals surface area contributed by atoms with Gasteiger partial charge in [-0.15, -0.1) is 0 Å². The molecule has 2 aromatic carbocycles. The van der Waals surface area contributed by atoms with Gasteiger partial charge in [0.15, 0.2) is 0 Å². The Labute approximate surface area is 165 Å². The van der Waals surface area contributed by atoms with E-state index in [1.165, 1.54) is 22.3 Å². The van der Waals surface area contributed by atoms with Crippen molar-refractivity contribution in [1.29, 1.82) is 0 Å². The molecule has 140 valence electrons.